The Morgan fingerprint density at radius 2 is 1.31 bits per heavy atom. The van der Waals surface area contributed by atoms with E-state index in [0.717, 1.165) is 28.0 Å². The number of benzene rings is 3. The summed E-state index contributed by atoms with van der Waals surface area (Å²) in [4.78, 5) is 67.1. The molecule has 360 valence electrons. The molecule has 67 heavy (non-hydrogen) atoms. The zero-order chi connectivity index (χ0) is 47.5. The number of carbonyl (C=O) groups is 1. The average molecular weight is 954 g/mol. The third-order valence-electron chi connectivity index (χ3n) is 13.6. The van der Waals surface area contributed by atoms with Crippen molar-refractivity contribution in [3.8, 4) is 0 Å². The maximum atomic E-state index is 13.0. The van der Waals surface area contributed by atoms with Crippen molar-refractivity contribution in [2.45, 2.75) is 114 Å². The van der Waals surface area contributed by atoms with Gasteiger partial charge in [-0.15, -0.1) is 0 Å². The highest BCUT2D eigenvalue weighted by Crippen LogP contribution is 2.54. The van der Waals surface area contributed by atoms with Gasteiger partial charge in [0.05, 0.1) is 32.8 Å². The molecule has 0 radical (unpaired) electrons. The van der Waals surface area contributed by atoms with Crippen LogP contribution >= 0.6 is 7.60 Å². The predicted octanol–water partition coefficient (Wildman–Crippen LogP) is 2.46. The second kappa shape index (κ2) is 22.7. The minimum atomic E-state index is -5.71. The van der Waals surface area contributed by atoms with E-state index in [1.165, 1.54) is 114 Å². The maximum Gasteiger partial charge on any atom is 0.351 e. The summed E-state index contributed by atoms with van der Waals surface area (Å²) in [6.07, 6.45) is 11.1. The molecule has 2 unspecified atom stereocenters. The standard InChI is InChI=1S/C32H36N3O8PSi.2C9H16N2/c1-31(2,3)45(24-15-9-5-10-16-24,25-17-11-6-12-18-25)42-22-26-32(38,44(39,40)41)21-28(43-26)35-20-19-27(34-30(35)37)33-29(36)23-13-7-4-8-14-23;2*1-2-5-9-10-6-4-8-11(9)7-3-1/h4-20,26,28,38H,21-22H2,1-3H3,(H2,39,40,41)(H,33,34,36,37);2*1-8H2/t26-,28-,32-;;/m1../s1. The molecule has 6 heterocycles. The summed E-state index contributed by atoms with van der Waals surface area (Å²) in [6, 6.07) is 28.8. The lowest BCUT2D eigenvalue weighted by Crippen LogP contribution is -3.15. The van der Waals surface area contributed by atoms with Gasteiger partial charge in [0.15, 0.2) is 11.7 Å². The number of hydrogen-bond donors (Lipinski definition) is 4. The molecule has 4 aromatic rings. The maximum absolute atomic E-state index is 13.0. The van der Waals surface area contributed by atoms with Gasteiger partial charge >= 0.3 is 5.69 Å². The molecule has 3 aromatic carbocycles. The van der Waals surface area contributed by atoms with Gasteiger partial charge in [-0.3, -0.25) is 19.2 Å². The fourth-order valence-electron chi connectivity index (χ4n) is 9.99. The van der Waals surface area contributed by atoms with Crippen LogP contribution < -0.4 is 41.0 Å². The van der Waals surface area contributed by atoms with Crippen LogP contribution in [-0.4, -0.2) is 97.9 Å². The Kier molecular flexibility index (Phi) is 17.1. The third kappa shape index (κ3) is 12.2. The molecule has 9 rings (SSSR count). The van der Waals surface area contributed by atoms with E-state index in [-0.39, 0.29) is 5.82 Å². The molecule has 0 saturated carbocycles. The van der Waals surface area contributed by atoms with Crippen molar-refractivity contribution < 1.29 is 43.2 Å². The van der Waals surface area contributed by atoms with Crippen LogP contribution in [0.1, 0.15) is 108 Å². The molecule has 3 saturated heterocycles. The van der Waals surface area contributed by atoms with E-state index in [2.05, 4.69) is 20.3 Å². The van der Waals surface area contributed by atoms with E-state index in [9.17, 15) is 29.0 Å². The van der Waals surface area contributed by atoms with Crippen LogP contribution in [0.4, 0.5) is 5.82 Å². The first-order chi connectivity index (χ1) is 32.2. The molecule has 0 spiro atoms. The highest BCUT2D eigenvalue weighted by Gasteiger charge is 2.55. The number of ether oxygens (including phenoxy) is 1. The largest absolute Gasteiger partial charge is 0.809 e. The number of aliphatic hydroxyl groups is 1. The van der Waals surface area contributed by atoms with Gasteiger partial charge in [-0.25, -0.2) is 14.8 Å². The first-order valence-corrected chi connectivity index (χ1v) is 27.5. The number of amides is 1. The van der Waals surface area contributed by atoms with Crippen LogP contribution in [0.25, 0.3) is 0 Å². The van der Waals surface area contributed by atoms with Crippen molar-refractivity contribution in [1.82, 2.24) is 9.55 Å². The molecule has 0 aliphatic carbocycles. The zero-order valence-corrected chi connectivity index (χ0v) is 41.1. The molecular formula is C50H68N7O8PSi. The number of quaternary nitrogens is 2. The number of nitrogens with one attached hydrogen (secondary N) is 3. The van der Waals surface area contributed by atoms with E-state index in [1.807, 2.05) is 81.4 Å². The lowest BCUT2D eigenvalue weighted by atomic mass is 10.2. The highest BCUT2D eigenvalue weighted by atomic mass is 31.2. The van der Waals surface area contributed by atoms with Crippen LogP contribution in [-0.2, 0) is 13.7 Å². The Hall–Kier alpha value is -4.48. The van der Waals surface area contributed by atoms with Gasteiger partial charge in [0.1, 0.15) is 23.5 Å². The van der Waals surface area contributed by atoms with E-state index < -0.39 is 63.3 Å². The molecule has 5 aliphatic rings. The van der Waals surface area contributed by atoms with Crippen molar-refractivity contribution in [2.24, 2.45) is 9.98 Å². The Balaban J connectivity index is 0.000000242. The zero-order valence-electron chi connectivity index (χ0n) is 39.2. The number of aromatic nitrogens is 2. The minimum absolute atomic E-state index is 0.0387. The number of anilines is 1. The molecule has 17 heteroatoms. The summed E-state index contributed by atoms with van der Waals surface area (Å²) < 4.78 is 26.2. The molecule has 4 N–H and O–H groups in total. The third-order valence-corrected chi connectivity index (χ3v) is 20.0. The predicted molar refractivity (Wildman–Crippen MR) is 260 cm³/mol. The Bertz CT molecular complexity index is 2340. The fourth-order valence-corrected chi connectivity index (χ4v) is 15.4. The number of rotatable bonds is 9. The normalized spacial score (nSPS) is 24.3. The second-order valence-electron chi connectivity index (χ2n) is 19.1. The first-order valence-electron chi connectivity index (χ1n) is 24.1. The molecule has 5 aliphatic heterocycles. The van der Waals surface area contributed by atoms with Crippen molar-refractivity contribution in [1.29, 1.82) is 0 Å². The summed E-state index contributed by atoms with van der Waals surface area (Å²) in [5.74, 6) is 2.44. The lowest BCUT2D eigenvalue weighted by molar-refractivity contribution is -0.809. The SMILES string of the molecule is C1CCC2=NCCC[NH+]2CC1.C1CCC2=NCCC[NH+]2CC1.CC(C)(C)[Si](OC[C@H]1O[C@@H](n2ccc(NC(=O)c3ccccc3)nc2=O)C[C@@]1(O)P(=O)([O-])[O-])(c1ccccc1)c1ccccc1. The van der Waals surface area contributed by atoms with Crippen molar-refractivity contribution >= 4 is 49.7 Å². The van der Waals surface area contributed by atoms with Gasteiger partial charge in [-0.05, 0) is 79.7 Å². The van der Waals surface area contributed by atoms with Crippen molar-refractivity contribution in [3.05, 3.63) is 119 Å². The van der Waals surface area contributed by atoms with Crippen LogP contribution in [0.15, 0.2) is 118 Å². The average Bonchev–Trinajstić information content (AvgIpc) is 3.48. The monoisotopic (exact) mass is 953 g/mol. The smallest absolute Gasteiger partial charge is 0.351 e. The van der Waals surface area contributed by atoms with Crippen LogP contribution in [0.2, 0.25) is 5.04 Å². The van der Waals surface area contributed by atoms with E-state index in [1.54, 1.807) is 40.1 Å². The molecule has 0 bridgehead atoms. The number of aliphatic imine (C=N–C) groups is 2. The van der Waals surface area contributed by atoms with Gasteiger partial charge < -0.3 is 33.9 Å². The molecule has 1 aromatic heterocycles. The lowest BCUT2D eigenvalue weighted by Gasteiger charge is -2.47. The summed E-state index contributed by atoms with van der Waals surface area (Å²) in [5.41, 5.74) is -0.522. The van der Waals surface area contributed by atoms with E-state index in [0.29, 0.717) is 5.56 Å². The van der Waals surface area contributed by atoms with Crippen LogP contribution in [0.3, 0.4) is 0 Å². The fraction of sp³-hybridized carbons (Fsp3) is 0.500. The number of carbonyl (C=O) groups excluding carboxylic acids is 1. The number of hydrogen-bond acceptors (Lipinski definition) is 11. The molecule has 5 atom stereocenters. The Morgan fingerprint density at radius 1 is 0.806 bits per heavy atom. The van der Waals surface area contributed by atoms with E-state index in [4.69, 9.17) is 9.16 Å². The van der Waals surface area contributed by atoms with Crippen LogP contribution in [0.5, 0.6) is 0 Å². The topological polar surface area (TPSA) is 199 Å². The van der Waals surface area contributed by atoms with Gasteiger partial charge in [0, 0.05) is 57.0 Å². The molecule has 1 amide bonds. The quantitative estimate of drug-likeness (QED) is 0.144. The number of amidine groups is 2. The number of nitrogens with zero attached hydrogens (tertiary/aromatic N) is 4. The van der Waals surface area contributed by atoms with Crippen molar-refractivity contribution in [2.75, 3.05) is 51.2 Å². The Labute approximate surface area is 395 Å². The molecule has 15 nitrogen and oxygen atoms in total. The van der Waals surface area contributed by atoms with Gasteiger partial charge in [0.25, 0.3) is 14.2 Å². The van der Waals surface area contributed by atoms with E-state index >= 15 is 0 Å². The molecule has 3 fully saturated rings. The summed E-state index contributed by atoms with van der Waals surface area (Å²) in [5, 5.41) is 12.4. The summed E-state index contributed by atoms with van der Waals surface area (Å²) in [6.45, 7) is 13.2. The summed E-state index contributed by atoms with van der Waals surface area (Å²) in [7, 11) is -8.92. The van der Waals surface area contributed by atoms with Gasteiger partial charge in [-0.2, -0.15) is 4.98 Å². The second-order valence-corrected chi connectivity index (χ2v) is 25.2. The van der Waals surface area contributed by atoms with Crippen LogP contribution in [0, 0.1) is 0 Å². The minimum Gasteiger partial charge on any atom is -0.809 e. The molecular weight excluding hydrogens is 886 g/mol. The number of fused-ring (bicyclic) bond motifs is 2. The van der Waals surface area contributed by atoms with Crippen molar-refractivity contribution in [3.63, 3.8) is 0 Å². The first kappa shape index (κ1) is 50.4. The summed E-state index contributed by atoms with van der Waals surface area (Å²) >= 11 is 0. The Morgan fingerprint density at radius 3 is 1.81 bits per heavy atom. The highest BCUT2D eigenvalue weighted by molar-refractivity contribution is 7.50. The van der Waals surface area contributed by atoms with Gasteiger partial charge in [0.2, 0.25) is 0 Å². The van der Waals surface area contributed by atoms with Gasteiger partial charge in [-0.1, -0.05) is 99.6 Å².